The highest BCUT2D eigenvalue weighted by atomic mass is 32.2. The van der Waals surface area contributed by atoms with E-state index in [0.717, 1.165) is 6.42 Å². The Morgan fingerprint density at radius 1 is 1.50 bits per heavy atom. The van der Waals surface area contributed by atoms with Crippen LogP contribution in [0, 0.1) is 5.92 Å². The summed E-state index contributed by atoms with van der Waals surface area (Å²) in [5.74, 6) is 0.892. The summed E-state index contributed by atoms with van der Waals surface area (Å²) in [4.78, 5) is 4.28. The first-order valence-electron chi connectivity index (χ1n) is 6.02. The lowest BCUT2D eigenvalue weighted by atomic mass is 10.1. The predicted molar refractivity (Wildman–Crippen MR) is 73.1 cm³/mol. The minimum Gasteiger partial charge on any atom is -0.373 e. The monoisotopic (exact) mass is 271 g/mol. The quantitative estimate of drug-likeness (QED) is 0.857. The summed E-state index contributed by atoms with van der Waals surface area (Å²) < 4.78 is 26.0. The largest absolute Gasteiger partial charge is 0.373 e. The molecule has 0 amide bonds. The fourth-order valence-corrected chi connectivity index (χ4v) is 2.86. The molecule has 0 fully saturated rings. The molecule has 1 aromatic heterocycles. The lowest BCUT2D eigenvalue weighted by Crippen LogP contribution is -2.31. The van der Waals surface area contributed by atoms with E-state index < -0.39 is 10.0 Å². The molecule has 0 aliphatic rings. The zero-order valence-electron chi connectivity index (χ0n) is 11.3. The average Bonchev–Trinajstić information content (AvgIpc) is 2.38. The molecule has 1 aromatic rings. The minimum absolute atomic E-state index is 0.271. The number of nitrogens with one attached hydrogen (secondary N) is 1. The highest BCUT2D eigenvalue weighted by molar-refractivity contribution is 7.89. The van der Waals surface area contributed by atoms with E-state index in [1.54, 1.807) is 20.2 Å². The molecule has 0 radical (unpaired) electrons. The van der Waals surface area contributed by atoms with Gasteiger partial charge in [0.25, 0.3) is 0 Å². The summed E-state index contributed by atoms with van der Waals surface area (Å²) >= 11 is 0. The third-order valence-electron chi connectivity index (χ3n) is 2.96. The number of hydrogen-bond donors (Lipinski definition) is 1. The number of rotatable bonds is 6. The molecule has 0 bridgehead atoms. The van der Waals surface area contributed by atoms with Gasteiger partial charge in [-0.1, -0.05) is 20.3 Å². The van der Waals surface area contributed by atoms with E-state index >= 15 is 0 Å². The van der Waals surface area contributed by atoms with E-state index in [2.05, 4.69) is 17.2 Å². The predicted octanol–water partition coefficient (Wildman–Crippen LogP) is 1.79. The van der Waals surface area contributed by atoms with Crippen LogP contribution < -0.4 is 5.32 Å². The van der Waals surface area contributed by atoms with Gasteiger partial charge < -0.3 is 5.32 Å². The van der Waals surface area contributed by atoms with Crippen molar-refractivity contribution in [3.8, 4) is 0 Å². The van der Waals surface area contributed by atoms with Gasteiger partial charge in [-0.05, 0) is 12.0 Å². The van der Waals surface area contributed by atoms with Gasteiger partial charge in [0.05, 0.1) is 4.90 Å². The second kappa shape index (κ2) is 6.15. The van der Waals surface area contributed by atoms with Gasteiger partial charge in [-0.25, -0.2) is 17.7 Å². The maximum atomic E-state index is 12.3. The van der Waals surface area contributed by atoms with Gasteiger partial charge in [-0.3, -0.25) is 0 Å². The van der Waals surface area contributed by atoms with Crippen LogP contribution in [0.2, 0.25) is 0 Å². The number of pyridine rings is 1. The highest BCUT2D eigenvalue weighted by Crippen LogP contribution is 2.18. The molecule has 0 aliphatic carbocycles. The van der Waals surface area contributed by atoms with Gasteiger partial charge in [0, 0.05) is 32.9 Å². The molecule has 1 unspecified atom stereocenters. The molecular formula is C12H21N3O2S. The fraction of sp³-hybridized carbons (Fsp3) is 0.583. The standard InChI is InChI=1S/C12H21N3O2S/c1-5-10(2)9-15(4)18(16,17)11-6-7-14-12(8-11)13-3/h6-8,10H,5,9H2,1-4H3,(H,13,14). The van der Waals surface area contributed by atoms with Crippen LogP contribution in [-0.2, 0) is 10.0 Å². The summed E-state index contributed by atoms with van der Waals surface area (Å²) in [6.45, 7) is 4.62. The second-order valence-electron chi connectivity index (χ2n) is 4.43. The van der Waals surface area contributed by atoms with Gasteiger partial charge in [0.2, 0.25) is 10.0 Å². The van der Waals surface area contributed by atoms with Crippen molar-refractivity contribution in [1.29, 1.82) is 0 Å². The van der Waals surface area contributed by atoms with Crippen LogP contribution in [0.1, 0.15) is 20.3 Å². The first-order chi connectivity index (χ1) is 8.41. The number of sulfonamides is 1. The molecule has 102 valence electrons. The Morgan fingerprint density at radius 3 is 2.72 bits per heavy atom. The van der Waals surface area contributed by atoms with Crippen molar-refractivity contribution >= 4 is 15.8 Å². The van der Waals surface area contributed by atoms with Gasteiger partial charge in [0.1, 0.15) is 5.82 Å². The molecule has 1 N–H and O–H groups in total. The molecule has 0 saturated carbocycles. The SMILES string of the molecule is CCC(C)CN(C)S(=O)(=O)c1ccnc(NC)c1. The Bertz CT molecular complexity index is 488. The minimum atomic E-state index is -3.42. The topological polar surface area (TPSA) is 62.3 Å². The Kier molecular flexibility index (Phi) is 5.10. The van der Waals surface area contributed by atoms with Gasteiger partial charge in [-0.15, -0.1) is 0 Å². The molecule has 1 rings (SSSR count). The first kappa shape index (κ1) is 14.9. The zero-order chi connectivity index (χ0) is 13.8. The van der Waals surface area contributed by atoms with E-state index in [-0.39, 0.29) is 4.90 Å². The molecule has 1 atom stereocenters. The van der Waals surface area contributed by atoms with E-state index in [4.69, 9.17) is 0 Å². The third-order valence-corrected chi connectivity index (χ3v) is 4.78. The summed E-state index contributed by atoms with van der Waals surface area (Å²) in [6.07, 6.45) is 2.45. The van der Waals surface area contributed by atoms with Crippen LogP contribution >= 0.6 is 0 Å². The lowest BCUT2D eigenvalue weighted by Gasteiger charge is -2.20. The maximum Gasteiger partial charge on any atom is 0.243 e. The van der Waals surface area contributed by atoms with Crippen LogP contribution in [0.4, 0.5) is 5.82 Å². The van der Waals surface area contributed by atoms with E-state index in [9.17, 15) is 8.42 Å². The zero-order valence-corrected chi connectivity index (χ0v) is 12.2. The molecule has 0 spiro atoms. The summed E-state index contributed by atoms with van der Waals surface area (Å²) in [5, 5.41) is 2.84. The van der Waals surface area contributed by atoms with Crippen molar-refractivity contribution in [3.05, 3.63) is 18.3 Å². The Morgan fingerprint density at radius 2 is 2.17 bits per heavy atom. The first-order valence-corrected chi connectivity index (χ1v) is 7.46. The Labute approximate surface area is 109 Å². The summed E-state index contributed by atoms with van der Waals surface area (Å²) in [5.41, 5.74) is 0. The molecule has 0 aliphatic heterocycles. The number of hydrogen-bond acceptors (Lipinski definition) is 4. The maximum absolute atomic E-state index is 12.3. The van der Waals surface area contributed by atoms with E-state index in [1.165, 1.54) is 16.6 Å². The lowest BCUT2D eigenvalue weighted by molar-refractivity contribution is 0.393. The molecule has 5 nitrogen and oxygen atoms in total. The van der Waals surface area contributed by atoms with Crippen LogP contribution in [0.25, 0.3) is 0 Å². The van der Waals surface area contributed by atoms with Crippen molar-refractivity contribution < 1.29 is 8.42 Å². The molecule has 0 saturated heterocycles. The van der Waals surface area contributed by atoms with E-state index in [1.807, 2.05) is 6.92 Å². The number of anilines is 1. The highest BCUT2D eigenvalue weighted by Gasteiger charge is 2.22. The van der Waals surface area contributed by atoms with Gasteiger partial charge in [-0.2, -0.15) is 0 Å². The van der Waals surface area contributed by atoms with Crippen molar-refractivity contribution in [2.24, 2.45) is 5.92 Å². The Balaban J connectivity index is 2.97. The smallest absolute Gasteiger partial charge is 0.243 e. The average molecular weight is 271 g/mol. The number of nitrogens with zero attached hydrogens (tertiary/aromatic N) is 2. The summed E-state index contributed by atoms with van der Waals surface area (Å²) in [7, 11) is -0.101. The molecule has 18 heavy (non-hydrogen) atoms. The third kappa shape index (κ3) is 3.43. The van der Waals surface area contributed by atoms with Gasteiger partial charge in [0.15, 0.2) is 0 Å². The summed E-state index contributed by atoms with van der Waals surface area (Å²) in [6, 6.07) is 3.06. The van der Waals surface area contributed by atoms with Crippen molar-refractivity contribution in [3.63, 3.8) is 0 Å². The molecular weight excluding hydrogens is 250 g/mol. The number of aromatic nitrogens is 1. The second-order valence-corrected chi connectivity index (χ2v) is 6.47. The van der Waals surface area contributed by atoms with Crippen LogP contribution in [0.3, 0.4) is 0 Å². The van der Waals surface area contributed by atoms with Crippen LogP contribution in [0.15, 0.2) is 23.2 Å². The van der Waals surface area contributed by atoms with Crippen molar-refractivity contribution in [2.45, 2.75) is 25.2 Å². The normalized spacial score (nSPS) is 13.6. The Hall–Kier alpha value is -1.14. The van der Waals surface area contributed by atoms with Crippen molar-refractivity contribution in [2.75, 3.05) is 26.0 Å². The molecule has 0 aromatic carbocycles. The van der Waals surface area contributed by atoms with Crippen LogP contribution in [-0.4, -0.2) is 38.3 Å². The van der Waals surface area contributed by atoms with Gasteiger partial charge >= 0.3 is 0 Å². The van der Waals surface area contributed by atoms with Crippen molar-refractivity contribution in [1.82, 2.24) is 9.29 Å². The molecule has 6 heteroatoms. The molecule has 1 heterocycles. The van der Waals surface area contributed by atoms with E-state index in [0.29, 0.717) is 18.3 Å². The fourth-order valence-electron chi connectivity index (χ4n) is 1.55. The van der Waals surface area contributed by atoms with Crippen LogP contribution in [0.5, 0.6) is 0 Å².